The van der Waals surface area contributed by atoms with Crippen LogP contribution in [0.2, 0.25) is 0 Å². The molecule has 11 heavy (non-hydrogen) atoms. The predicted octanol–water partition coefficient (Wildman–Crippen LogP) is -2.29. The molecular weight excluding hydrogens is 152 g/mol. The quantitative estimate of drug-likeness (QED) is 0.369. The second kappa shape index (κ2) is 5.45. The molecule has 0 aromatic heterocycles. The van der Waals surface area contributed by atoms with Crippen molar-refractivity contribution in [2.24, 2.45) is 0 Å². The van der Waals surface area contributed by atoms with E-state index in [1.807, 2.05) is 0 Å². The van der Waals surface area contributed by atoms with Gasteiger partial charge in [-0.3, -0.25) is 0 Å². The van der Waals surface area contributed by atoms with Crippen LogP contribution in [0.3, 0.4) is 0 Å². The van der Waals surface area contributed by atoms with Gasteiger partial charge in [0.2, 0.25) is 0 Å². The van der Waals surface area contributed by atoms with E-state index in [4.69, 9.17) is 20.4 Å². The first-order valence-electron chi connectivity index (χ1n) is 3.28. The first-order valence-corrected chi connectivity index (χ1v) is 3.28. The van der Waals surface area contributed by atoms with Crippen molar-refractivity contribution in [3.05, 3.63) is 0 Å². The minimum Gasteiger partial charge on any atom is -0.394 e. The van der Waals surface area contributed by atoms with Crippen LogP contribution in [-0.2, 0) is 4.74 Å². The van der Waals surface area contributed by atoms with Gasteiger partial charge in [-0.1, -0.05) is 0 Å². The van der Waals surface area contributed by atoms with Crippen LogP contribution >= 0.6 is 0 Å². The molecule has 68 valence electrons. The summed E-state index contributed by atoms with van der Waals surface area (Å²) in [4.78, 5) is 0. The molecule has 0 bridgehead atoms. The van der Waals surface area contributed by atoms with Gasteiger partial charge < -0.3 is 25.2 Å². The van der Waals surface area contributed by atoms with Crippen molar-refractivity contribution in [3.8, 4) is 0 Å². The molecule has 4 N–H and O–H groups in total. The van der Waals surface area contributed by atoms with Crippen LogP contribution in [0.4, 0.5) is 0 Å². The van der Waals surface area contributed by atoms with Gasteiger partial charge in [-0.2, -0.15) is 0 Å². The summed E-state index contributed by atoms with van der Waals surface area (Å²) < 4.78 is 4.64. The standard InChI is InChI=1S/C6H14O5/c1-11-6(4(9)2-7)5(10)3-8/h4-10H,2-3H2,1H3/t4-,5+,6+. The number of ether oxygens (including phenoxy) is 1. The Hall–Kier alpha value is -0.200. The van der Waals surface area contributed by atoms with Gasteiger partial charge in [0.15, 0.2) is 0 Å². The Balaban J connectivity index is 3.92. The van der Waals surface area contributed by atoms with E-state index in [0.717, 1.165) is 0 Å². The van der Waals surface area contributed by atoms with Crippen molar-refractivity contribution in [1.29, 1.82) is 0 Å². The Labute approximate surface area is 64.9 Å². The van der Waals surface area contributed by atoms with Crippen molar-refractivity contribution < 1.29 is 25.2 Å². The van der Waals surface area contributed by atoms with Crippen LogP contribution in [0, 0.1) is 0 Å². The van der Waals surface area contributed by atoms with Crippen molar-refractivity contribution >= 4 is 0 Å². The molecule has 5 nitrogen and oxygen atoms in total. The molecule has 0 saturated heterocycles. The summed E-state index contributed by atoms with van der Waals surface area (Å²) in [7, 11) is 1.28. The number of aliphatic hydroxyl groups is 4. The predicted molar refractivity (Wildman–Crippen MR) is 37.0 cm³/mol. The maximum atomic E-state index is 8.97. The first-order chi connectivity index (χ1) is 5.17. The number of hydrogen-bond donors (Lipinski definition) is 4. The molecule has 0 aliphatic rings. The normalized spacial score (nSPS) is 19.4. The van der Waals surface area contributed by atoms with E-state index in [2.05, 4.69) is 4.74 Å². The summed E-state index contributed by atoms with van der Waals surface area (Å²) in [6, 6.07) is 0. The van der Waals surface area contributed by atoms with Gasteiger partial charge in [-0.15, -0.1) is 0 Å². The summed E-state index contributed by atoms with van der Waals surface area (Å²) in [6.45, 7) is -1.01. The van der Waals surface area contributed by atoms with Crippen molar-refractivity contribution in [2.75, 3.05) is 20.3 Å². The van der Waals surface area contributed by atoms with Crippen molar-refractivity contribution in [3.63, 3.8) is 0 Å². The zero-order chi connectivity index (χ0) is 8.85. The summed E-state index contributed by atoms with van der Waals surface area (Å²) in [5.74, 6) is 0. The van der Waals surface area contributed by atoms with E-state index in [0.29, 0.717) is 0 Å². The second-order valence-corrected chi connectivity index (χ2v) is 2.20. The Morgan fingerprint density at radius 3 is 1.64 bits per heavy atom. The van der Waals surface area contributed by atoms with Crippen LogP contribution in [-0.4, -0.2) is 59.1 Å². The molecule has 0 saturated carbocycles. The smallest absolute Gasteiger partial charge is 0.113 e. The zero-order valence-electron chi connectivity index (χ0n) is 6.34. The van der Waals surface area contributed by atoms with Crippen molar-refractivity contribution in [1.82, 2.24) is 0 Å². The molecule has 0 rings (SSSR count). The molecule has 0 unspecified atom stereocenters. The highest BCUT2D eigenvalue weighted by molar-refractivity contribution is 4.75. The summed E-state index contributed by atoms with van der Waals surface area (Å²) in [5.41, 5.74) is 0. The number of rotatable bonds is 5. The van der Waals surface area contributed by atoms with Crippen molar-refractivity contribution in [2.45, 2.75) is 18.3 Å². The maximum absolute atomic E-state index is 8.97. The highest BCUT2D eigenvalue weighted by Crippen LogP contribution is 2.03. The number of methoxy groups -OCH3 is 1. The molecule has 0 heterocycles. The van der Waals surface area contributed by atoms with E-state index >= 15 is 0 Å². The minimum atomic E-state index is -1.16. The lowest BCUT2D eigenvalue weighted by atomic mass is 10.1. The summed E-state index contributed by atoms with van der Waals surface area (Å²) >= 11 is 0. The van der Waals surface area contributed by atoms with Crippen LogP contribution in [0.1, 0.15) is 0 Å². The molecule has 0 amide bonds. The first kappa shape index (κ1) is 10.8. The molecule has 0 radical (unpaired) electrons. The average molecular weight is 166 g/mol. The molecule has 0 aromatic carbocycles. The van der Waals surface area contributed by atoms with E-state index in [1.165, 1.54) is 7.11 Å². The van der Waals surface area contributed by atoms with Gasteiger partial charge in [0.05, 0.1) is 13.2 Å². The van der Waals surface area contributed by atoms with Crippen LogP contribution in [0.15, 0.2) is 0 Å². The van der Waals surface area contributed by atoms with Gasteiger partial charge in [-0.25, -0.2) is 0 Å². The van der Waals surface area contributed by atoms with Gasteiger partial charge in [0, 0.05) is 7.11 Å². The summed E-state index contributed by atoms with van der Waals surface area (Å²) in [5, 5.41) is 34.9. The Kier molecular flexibility index (Phi) is 5.35. The Morgan fingerprint density at radius 1 is 1.09 bits per heavy atom. The maximum Gasteiger partial charge on any atom is 0.113 e. The Bertz CT molecular complexity index is 87.0. The fourth-order valence-electron chi connectivity index (χ4n) is 0.778. The van der Waals surface area contributed by atoms with E-state index < -0.39 is 31.5 Å². The lowest BCUT2D eigenvalue weighted by molar-refractivity contribution is -0.108. The van der Waals surface area contributed by atoms with E-state index in [-0.39, 0.29) is 0 Å². The molecule has 0 aromatic rings. The summed E-state index contributed by atoms with van der Waals surface area (Å²) in [6.07, 6.45) is -3.27. The largest absolute Gasteiger partial charge is 0.394 e. The topological polar surface area (TPSA) is 90.2 Å². The fourth-order valence-corrected chi connectivity index (χ4v) is 0.778. The molecule has 0 aliphatic carbocycles. The van der Waals surface area contributed by atoms with Crippen LogP contribution in [0.25, 0.3) is 0 Å². The Morgan fingerprint density at radius 2 is 1.45 bits per heavy atom. The van der Waals surface area contributed by atoms with Crippen LogP contribution in [0.5, 0.6) is 0 Å². The molecule has 3 atom stereocenters. The molecule has 0 fully saturated rings. The molecule has 5 heteroatoms. The fraction of sp³-hybridized carbons (Fsp3) is 1.00. The third-order valence-electron chi connectivity index (χ3n) is 1.40. The third-order valence-corrected chi connectivity index (χ3v) is 1.40. The molecule has 0 aliphatic heterocycles. The van der Waals surface area contributed by atoms with Gasteiger partial charge in [0.25, 0.3) is 0 Å². The van der Waals surface area contributed by atoms with Gasteiger partial charge in [0.1, 0.15) is 18.3 Å². The monoisotopic (exact) mass is 166 g/mol. The molecule has 0 spiro atoms. The van der Waals surface area contributed by atoms with E-state index in [9.17, 15) is 0 Å². The third kappa shape index (κ3) is 3.13. The highest BCUT2D eigenvalue weighted by atomic mass is 16.5. The SMILES string of the molecule is CO[C@@H]([C@H](O)CO)[C@@H](O)CO. The van der Waals surface area contributed by atoms with Gasteiger partial charge >= 0.3 is 0 Å². The zero-order valence-corrected chi connectivity index (χ0v) is 6.34. The lowest BCUT2D eigenvalue weighted by Crippen LogP contribution is -2.42. The minimum absolute atomic E-state index is 0.504. The number of hydrogen-bond acceptors (Lipinski definition) is 5. The van der Waals surface area contributed by atoms with Gasteiger partial charge in [-0.05, 0) is 0 Å². The number of aliphatic hydroxyl groups excluding tert-OH is 4. The molecular formula is C6H14O5. The second-order valence-electron chi connectivity index (χ2n) is 2.20. The van der Waals surface area contributed by atoms with E-state index in [1.54, 1.807) is 0 Å². The van der Waals surface area contributed by atoms with Crippen LogP contribution < -0.4 is 0 Å². The average Bonchev–Trinajstić information content (AvgIpc) is 2.05. The highest BCUT2D eigenvalue weighted by Gasteiger charge is 2.25. The lowest BCUT2D eigenvalue weighted by Gasteiger charge is -2.23.